The first kappa shape index (κ1) is 20.7. The molecule has 4 saturated carbocycles. The summed E-state index contributed by atoms with van der Waals surface area (Å²) in [5.41, 5.74) is 1.19. The van der Waals surface area contributed by atoms with Gasteiger partial charge in [0.2, 0.25) is 0 Å². The number of carbonyl (C=O) groups excluding carboxylic acids is 1. The van der Waals surface area contributed by atoms with Crippen molar-refractivity contribution in [3.05, 3.63) is 23.8 Å². The van der Waals surface area contributed by atoms with Gasteiger partial charge in [-0.05, 0) is 95.3 Å². The lowest BCUT2D eigenvalue weighted by Gasteiger charge is -2.65. The normalized spacial score (nSPS) is 46.6. The summed E-state index contributed by atoms with van der Waals surface area (Å²) >= 11 is 0. The van der Waals surface area contributed by atoms with Crippen molar-refractivity contribution in [3.8, 4) is 0 Å². The molecule has 2 bridgehead atoms. The van der Waals surface area contributed by atoms with Crippen molar-refractivity contribution in [2.75, 3.05) is 0 Å². The lowest BCUT2D eigenvalue weighted by atomic mass is 9.40. The minimum atomic E-state index is -0.749. The van der Waals surface area contributed by atoms with Crippen LogP contribution in [-0.2, 0) is 14.3 Å². The van der Waals surface area contributed by atoms with Gasteiger partial charge in [-0.3, -0.25) is 4.79 Å². The second-order valence-corrected chi connectivity index (χ2v) is 10.8. The van der Waals surface area contributed by atoms with E-state index in [1.54, 1.807) is 13.0 Å². The summed E-state index contributed by atoms with van der Waals surface area (Å²) in [6.45, 7) is 12.2. The molecule has 160 valence electrons. The molecule has 0 radical (unpaired) electrons. The number of carboxylic acids is 1. The Labute approximate surface area is 174 Å². The first-order valence-electron chi connectivity index (χ1n) is 11.3. The van der Waals surface area contributed by atoms with Crippen LogP contribution in [-0.4, -0.2) is 23.1 Å². The zero-order chi connectivity index (χ0) is 21.2. The molecule has 0 aliphatic heterocycles. The van der Waals surface area contributed by atoms with Gasteiger partial charge in [0.1, 0.15) is 6.10 Å². The summed E-state index contributed by atoms with van der Waals surface area (Å²) in [5.74, 6) is 0.120. The van der Waals surface area contributed by atoms with Gasteiger partial charge in [0.25, 0.3) is 0 Å². The van der Waals surface area contributed by atoms with E-state index in [4.69, 9.17) is 4.74 Å². The first-order valence-corrected chi connectivity index (χ1v) is 11.3. The number of hydrogen-bond donors (Lipinski definition) is 1. The molecule has 7 atom stereocenters. The summed E-state index contributed by atoms with van der Waals surface area (Å²) in [7, 11) is 0. The Bertz CT molecular complexity index is 782. The van der Waals surface area contributed by atoms with E-state index in [1.807, 2.05) is 13.8 Å². The Kier molecular flexibility index (Phi) is 4.79. The molecule has 29 heavy (non-hydrogen) atoms. The minimum absolute atomic E-state index is 0.0333. The summed E-state index contributed by atoms with van der Waals surface area (Å²) < 4.78 is 6.15. The van der Waals surface area contributed by atoms with Crippen LogP contribution in [0.4, 0.5) is 0 Å². The second-order valence-electron chi connectivity index (χ2n) is 10.8. The van der Waals surface area contributed by atoms with Crippen LogP contribution in [0.3, 0.4) is 0 Å². The van der Waals surface area contributed by atoms with Crippen LogP contribution in [0.2, 0.25) is 0 Å². The van der Waals surface area contributed by atoms with Crippen LogP contribution in [0.25, 0.3) is 0 Å². The van der Waals surface area contributed by atoms with Crippen LogP contribution < -0.4 is 0 Å². The van der Waals surface area contributed by atoms with Crippen molar-refractivity contribution in [2.45, 2.75) is 85.2 Å². The lowest BCUT2D eigenvalue weighted by Crippen LogP contribution is -2.64. The highest BCUT2D eigenvalue weighted by Crippen LogP contribution is 2.72. The molecular formula is C25H36O4. The zero-order valence-corrected chi connectivity index (χ0v) is 18.4. The Balaban J connectivity index is 1.77. The van der Waals surface area contributed by atoms with Gasteiger partial charge < -0.3 is 9.84 Å². The Morgan fingerprint density at radius 1 is 1.14 bits per heavy atom. The van der Waals surface area contributed by atoms with Crippen LogP contribution in [0.15, 0.2) is 23.8 Å². The van der Waals surface area contributed by atoms with Gasteiger partial charge >= 0.3 is 11.9 Å². The van der Waals surface area contributed by atoms with Gasteiger partial charge in [-0.15, -0.1) is 0 Å². The fourth-order valence-electron chi connectivity index (χ4n) is 8.02. The third-order valence-electron chi connectivity index (χ3n) is 9.67. The van der Waals surface area contributed by atoms with E-state index in [-0.39, 0.29) is 28.8 Å². The molecule has 0 amide bonds. The molecule has 0 aromatic heterocycles. The summed E-state index contributed by atoms with van der Waals surface area (Å²) in [4.78, 5) is 25.1. The molecule has 4 aliphatic rings. The average molecular weight is 401 g/mol. The Hall–Kier alpha value is -1.58. The minimum Gasteiger partial charge on any atom is -0.481 e. The van der Waals surface area contributed by atoms with Crippen LogP contribution in [0.5, 0.6) is 0 Å². The first-order chi connectivity index (χ1) is 13.6. The van der Waals surface area contributed by atoms with Gasteiger partial charge in [0.15, 0.2) is 0 Å². The molecule has 0 unspecified atom stereocenters. The summed E-state index contributed by atoms with van der Waals surface area (Å²) in [5, 5.41) is 10.2. The molecule has 1 spiro atoms. The van der Waals surface area contributed by atoms with Crippen molar-refractivity contribution in [1.82, 2.24) is 0 Å². The molecule has 4 nitrogen and oxygen atoms in total. The predicted octanol–water partition coefficient (Wildman–Crippen LogP) is 5.53. The molecular weight excluding hydrogens is 364 g/mol. The highest BCUT2D eigenvalue weighted by molar-refractivity contribution is 5.87. The number of carboxylic acid groups (broad SMARTS) is 1. The smallest absolute Gasteiger partial charge is 0.333 e. The highest BCUT2D eigenvalue weighted by Gasteiger charge is 2.68. The fraction of sp³-hybridized carbons (Fsp3) is 0.760. The summed E-state index contributed by atoms with van der Waals surface area (Å²) in [6, 6.07) is 0. The molecule has 0 aromatic rings. The molecule has 4 rings (SSSR count). The summed E-state index contributed by atoms with van der Waals surface area (Å²) in [6.07, 6.45) is 9.29. The van der Waals surface area contributed by atoms with Crippen LogP contribution >= 0.6 is 0 Å². The number of ether oxygens (including phenoxy) is 1. The van der Waals surface area contributed by atoms with E-state index in [0.29, 0.717) is 30.3 Å². The molecule has 4 aliphatic carbocycles. The fourth-order valence-corrected chi connectivity index (χ4v) is 8.02. The molecule has 1 N–H and O–H groups in total. The van der Waals surface area contributed by atoms with Gasteiger partial charge in [-0.25, -0.2) is 4.79 Å². The second kappa shape index (κ2) is 6.72. The van der Waals surface area contributed by atoms with Gasteiger partial charge in [-0.2, -0.15) is 0 Å². The van der Waals surface area contributed by atoms with Crippen molar-refractivity contribution in [1.29, 1.82) is 0 Å². The van der Waals surface area contributed by atoms with E-state index in [1.165, 1.54) is 12.0 Å². The largest absolute Gasteiger partial charge is 0.481 e. The molecule has 4 fully saturated rings. The number of aliphatic carboxylic acids is 1. The van der Waals surface area contributed by atoms with Gasteiger partial charge in [-0.1, -0.05) is 25.2 Å². The lowest BCUT2D eigenvalue weighted by molar-refractivity contribution is -0.220. The maximum absolute atomic E-state index is 12.7. The van der Waals surface area contributed by atoms with E-state index < -0.39 is 11.4 Å². The zero-order valence-electron chi connectivity index (χ0n) is 18.4. The Morgan fingerprint density at radius 3 is 2.52 bits per heavy atom. The van der Waals surface area contributed by atoms with Crippen molar-refractivity contribution < 1.29 is 19.4 Å². The monoisotopic (exact) mass is 400 g/mol. The SMILES string of the molecule is C=C1C[C@@]23CC[C@H]4[C@](C)([C@@H]2CC[C@@H]1C3)[C@H](OC(=O)/C(C)=C\C)CC[C@@]4(C)C(=O)O. The third kappa shape index (κ3) is 2.77. The standard InChI is InChI=1S/C25H36O4/c1-6-15(2)21(26)29-20-10-11-23(4,22(27)28)18-9-12-25-13-16(3)17(14-25)7-8-19(25)24(18,20)5/h6,17-20H,3,7-14H2,1-2,4-5H3,(H,27,28)/b15-6-/t17-,18-,19+,20-,23-,24-,25-/m1/s1. The topological polar surface area (TPSA) is 63.6 Å². The number of carbonyl (C=O) groups is 2. The van der Waals surface area contributed by atoms with Crippen molar-refractivity contribution in [3.63, 3.8) is 0 Å². The Morgan fingerprint density at radius 2 is 1.86 bits per heavy atom. The molecule has 4 heteroatoms. The molecule has 0 saturated heterocycles. The van der Waals surface area contributed by atoms with Crippen LogP contribution in [0, 0.1) is 34.0 Å². The van der Waals surface area contributed by atoms with Crippen molar-refractivity contribution >= 4 is 11.9 Å². The predicted molar refractivity (Wildman–Crippen MR) is 112 cm³/mol. The highest BCUT2D eigenvalue weighted by atomic mass is 16.5. The average Bonchev–Trinajstić information content (AvgIpc) is 2.91. The van der Waals surface area contributed by atoms with E-state index >= 15 is 0 Å². The number of allylic oxidation sites excluding steroid dienone is 2. The molecule has 0 heterocycles. The number of rotatable bonds is 3. The molecule has 0 aromatic carbocycles. The van der Waals surface area contributed by atoms with E-state index in [0.717, 1.165) is 32.1 Å². The quantitative estimate of drug-likeness (QED) is 0.384. The van der Waals surface area contributed by atoms with E-state index in [9.17, 15) is 14.7 Å². The van der Waals surface area contributed by atoms with Gasteiger partial charge in [0, 0.05) is 11.0 Å². The third-order valence-corrected chi connectivity index (χ3v) is 9.67. The number of hydrogen-bond acceptors (Lipinski definition) is 3. The van der Waals surface area contributed by atoms with Crippen molar-refractivity contribution in [2.24, 2.45) is 34.0 Å². The number of fused-ring (bicyclic) bond motifs is 3. The van der Waals surface area contributed by atoms with Gasteiger partial charge in [0.05, 0.1) is 5.41 Å². The maximum atomic E-state index is 12.7. The van der Waals surface area contributed by atoms with E-state index in [2.05, 4.69) is 13.5 Å². The van der Waals surface area contributed by atoms with Crippen LogP contribution in [0.1, 0.15) is 79.1 Å². The number of esters is 1. The maximum Gasteiger partial charge on any atom is 0.333 e.